The van der Waals surface area contributed by atoms with Crippen LogP contribution in [0.2, 0.25) is 0 Å². The number of aryl methyl sites for hydroxylation is 1. The Morgan fingerprint density at radius 1 is 1.15 bits per heavy atom. The van der Waals surface area contributed by atoms with Crippen molar-refractivity contribution in [2.24, 2.45) is 5.73 Å². The van der Waals surface area contributed by atoms with Gasteiger partial charge in [-0.05, 0) is 24.0 Å². The van der Waals surface area contributed by atoms with E-state index in [4.69, 9.17) is 11.1 Å². The number of nitrogens with one attached hydrogen (secondary N) is 1. The van der Waals surface area contributed by atoms with Crippen molar-refractivity contribution < 1.29 is 0 Å². The average Bonchev–Trinajstić information content (AvgIpc) is 2.69. The van der Waals surface area contributed by atoms with Crippen LogP contribution in [0.4, 0.5) is 5.82 Å². The summed E-state index contributed by atoms with van der Waals surface area (Å²) in [6.07, 6.45) is 5.47. The van der Waals surface area contributed by atoms with Gasteiger partial charge in [-0.25, -0.2) is 9.97 Å². The molecule has 102 valence electrons. The highest BCUT2D eigenvalue weighted by molar-refractivity contribution is 5.92. The van der Waals surface area contributed by atoms with E-state index in [9.17, 15) is 0 Å². The quantitative estimate of drug-likeness (QED) is 0.641. The largest absolute Gasteiger partial charge is 0.382 e. The number of hydrogen-bond acceptors (Lipinski definition) is 4. The fourth-order valence-electron chi connectivity index (χ4n) is 2.52. The van der Waals surface area contributed by atoms with Gasteiger partial charge in [0.2, 0.25) is 0 Å². The van der Waals surface area contributed by atoms with Crippen molar-refractivity contribution in [1.82, 2.24) is 9.97 Å². The molecule has 1 aromatic carbocycles. The second-order valence-electron chi connectivity index (χ2n) is 4.97. The predicted octanol–water partition coefficient (Wildman–Crippen LogP) is 1.71. The summed E-state index contributed by atoms with van der Waals surface area (Å²) in [6.45, 7) is 1.81. The standard InChI is InChI=1S/C15H17N5/c16-15(17)13-8-19-14(9-18-13)20-7-3-6-11-4-1-2-5-12(11)10-20/h1-2,4-5,8-9H,3,6-7,10H2,(H3,16,17). The zero-order chi connectivity index (χ0) is 13.9. The first-order valence-corrected chi connectivity index (χ1v) is 6.72. The molecule has 3 N–H and O–H groups in total. The van der Waals surface area contributed by atoms with Crippen molar-refractivity contribution in [2.75, 3.05) is 11.4 Å². The maximum absolute atomic E-state index is 7.34. The number of benzene rings is 1. The second kappa shape index (κ2) is 5.28. The molecule has 0 saturated heterocycles. The SMILES string of the molecule is N=C(N)c1cnc(N2CCCc3ccccc3C2)cn1. The van der Waals surface area contributed by atoms with Gasteiger partial charge in [-0.1, -0.05) is 24.3 Å². The number of aromatic nitrogens is 2. The van der Waals surface area contributed by atoms with Gasteiger partial charge in [0.1, 0.15) is 17.3 Å². The first-order valence-electron chi connectivity index (χ1n) is 6.72. The van der Waals surface area contributed by atoms with Crippen LogP contribution in [-0.2, 0) is 13.0 Å². The Kier molecular flexibility index (Phi) is 3.33. The van der Waals surface area contributed by atoms with Crippen molar-refractivity contribution in [3.05, 3.63) is 53.5 Å². The Labute approximate surface area is 118 Å². The normalized spacial score (nSPS) is 14.5. The molecule has 0 bridgehead atoms. The van der Waals surface area contributed by atoms with E-state index in [0.717, 1.165) is 31.7 Å². The highest BCUT2D eigenvalue weighted by Crippen LogP contribution is 2.21. The molecule has 1 aromatic heterocycles. The summed E-state index contributed by atoms with van der Waals surface area (Å²) in [7, 11) is 0. The van der Waals surface area contributed by atoms with E-state index in [1.807, 2.05) is 0 Å². The highest BCUT2D eigenvalue weighted by atomic mass is 15.2. The van der Waals surface area contributed by atoms with Crippen LogP contribution in [0.5, 0.6) is 0 Å². The van der Waals surface area contributed by atoms with Gasteiger partial charge >= 0.3 is 0 Å². The minimum Gasteiger partial charge on any atom is -0.382 e. The average molecular weight is 267 g/mol. The van der Waals surface area contributed by atoms with E-state index in [1.165, 1.54) is 11.1 Å². The fourth-order valence-corrected chi connectivity index (χ4v) is 2.52. The Hall–Kier alpha value is -2.43. The summed E-state index contributed by atoms with van der Waals surface area (Å²) >= 11 is 0. The van der Waals surface area contributed by atoms with Crippen molar-refractivity contribution in [3.63, 3.8) is 0 Å². The maximum Gasteiger partial charge on any atom is 0.147 e. The molecule has 5 nitrogen and oxygen atoms in total. The van der Waals surface area contributed by atoms with Gasteiger partial charge in [0, 0.05) is 13.1 Å². The molecule has 1 aliphatic heterocycles. The topological polar surface area (TPSA) is 78.9 Å². The van der Waals surface area contributed by atoms with Crippen LogP contribution in [0.25, 0.3) is 0 Å². The van der Waals surface area contributed by atoms with Crippen LogP contribution in [0.3, 0.4) is 0 Å². The van der Waals surface area contributed by atoms with Gasteiger partial charge in [0.05, 0.1) is 12.4 Å². The number of nitrogens with zero attached hydrogens (tertiary/aromatic N) is 3. The van der Waals surface area contributed by atoms with Crippen LogP contribution in [-0.4, -0.2) is 22.3 Å². The van der Waals surface area contributed by atoms with Crippen LogP contribution in [0.15, 0.2) is 36.7 Å². The lowest BCUT2D eigenvalue weighted by molar-refractivity contribution is 0.752. The molecule has 0 atom stereocenters. The van der Waals surface area contributed by atoms with Crippen molar-refractivity contribution in [1.29, 1.82) is 5.41 Å². The lowest BCUT2D eigenvalue weighted by atomic mass is 10.0. The number of rotatable bonds is 2. The van der Waals surface area contributed by atoms with Crippen LogP contribution >= 0.6 is 0 Å². The van der Waals surface area contributed by atoms with E-state index >= 15 is 0 Å². The smallest absolute Gasteiger partial charge is 0.147 e. The minimum atomic E-state index is -0.0507. The van der Waals surface area contributed by atoms with Gasteiger partial charge < -0.3 is 10.6 Å². The number of anilines is 1. The fraction of sp³-hybridized carbons (Fsp3) is 0.267. The molecule has 0 fully saturated rings. The van der Waals surface area contributed by atoms with Gasteiger partial charge in [-0.15, -0.1) is 0 Å². The molecule has 2 heterocycles. The lowest BCUT2D eigenvalue weighted by Crippen LogP contribution is -2.24. The molecule has 0 aliphatic carbocycles. The molecule has 1 aliphatic rings. The molecular formula is C15H17N5. The summed E-state index contributed by atoms with van der Waals surface area (Å²) in [5.74, 6) is 0.789. The predicted molar refractivity (Wildman–Crippen MR) is 78.9 cm³/mol. The molecule has 3 rings (SSSR count). The minimum absolute atomic E-state index is 0.0507. The molecule has 20 heavy (non-hydrogen) atoms. The molecule has 5 heteroatoms. The summed E-state index contributed by atoms with van der Waals surface area (Å²) in [4.78, 5) is 10.8. The first-order chi connectivity index (χ1) is 9.74. The van der Waals surface area contributed by atoms with Gasteiger partial charge in [0.25, 0.3) is 0 Å². The Balaban J connectivity index is 1.85. The number of hydrogen-bond donors (Lipinski definition) is 2. The van der Waals surface area contributed by atoms with E-state index in [0.29, 0.717) is 5.69 Å². The molecule has 2 aromatic rings. The van der Waals surface area contributed by atoms with Crippen molar-refractivity contribution in [2.45, 2.75) is 19.4 Å². The molecule has 0 spiro atoms. The monoisotopic (exact) mass is 267 g/mol. The third-order valence-corrected chi connectivity index (χ3v) is 3.59. The molecule has 0 saturated carbocycles. The van der Waals surface area contributed by atoms with Gasteiger partial charge in [-0.2, -0.15) is 0 Å². The van der Waals surface area contributed by atoms with Gasteiger partial charge in [0.15, 0.2) is 0 Å². The number of amidine groups is 1. The second-order valence-corrected chi connectivity index (χ2v) is 4.97. The van der Waals surface area contributed by atoms with E-state index in [2.05, 4.69) is 39.1 Å². The third kappa shape index (κ3) is 2.47. The third-order valence-electron chi connectivity index (χ3n) is 3.59. The zero-order valence-electron chi connectivity index (χ0n) is 11.2. The van der Waals surface area contributed by atoms with Crippen LogP contribution in [0.1, 0.15) is 23.2 Å². The van der Waals surface area contributed by atoms with Crippen LogP contribution in [0, 0.1) is 5.41 Å². The summed E-state index contributed by atoms with van der Waals surface area (Å²) in [6, 6.07) is 8.54. The lowest BCUT2D eigenvalue weighted by Gasteiger charge is -2.21. The Morgan fingerprint density at radius 2 is 1.95 bits per heavy atom. The molecule has 0 unspecified atom stereocenters. The summed E-state index contributed by atoms with van der Waals surface area (Å²) < 4.78 is 0. The van der Waals surface area contributed by atoms with E-state index in [-0.39, 0.29) is 5.84 Å². The molecule has 0 radical (unpaired) electrons. The van der Waals surface area contributed by atoms with Gasteiger partial charge in [-0.3, -0.25) is 5.41 Å². The van der Waals surface area contributed by atoms with Crippen LogP contribution < -0.4 is 10.6 Å². The summed E-state index contributed by atoms with van der Waals surface area (Å²) in [5, 5.41) is 7.34. The molecule has 0 amide bonds. The van der Waals surface area contributed by atoms with E-state index < -0.39 is 0 Å². The van der Waals surface area contributed by atoms with Crippen molar-refractivity contribution >= 4 is 11.7 Å². The summed E-state index contributed by atoms with van der Waals surface area (Å²) in [5.41, 5.74) is 8.59. The number of fused-ring (bicyclic) bond motifs is 1. The first kappa shape index (κ1) is 12.6. The number of nitrogen functional groups attached to an aromatic ring is 1. The van der Waals surface area contributed by atoms with E-state index in [1.54, 1.807) is 12.4 Å². The maximum atomic E-state index is 7.34. The Bertz CT molecular complexity index is 620. The van der Waals surface area contributed by atoms with Crippen molar-refractivity contribution in [3.8, 4) is 0 Å². The highest BCUT2D eigenvalue weighted by Gasteiger charge is 2.15. The number of nitrogens with two attached hydrogens (primary N) is 1. The Morgan fingerprint density at radius 3 is 2.65 bits per heavy atom. The molecular weight excluding hydrogens is 250 g/mol. The zero-order valence-corrected chi connectivity index (χ0v) is 11.2.